The van der Waals surface area contributed by atoms with Gasteiger partial charge < -0.3 is 0 Å². The van der Waals surface area contributed by atoms with E-state index in [1.54, 1.807) is 23.1 Å². The maximum Gasteiger partial charge on any atom is 0.214 e. The first-order valence-electron chi connectivity index (χ1n) is 7.11. The van der Waals surface area contributed by atoms with Crippen molar-refractivity contribution in [3.63, 3.8) is 0 Å². The molecule has 3 aromatic heterocycles. The van der Waals surface area contributed by atoms with E-state index in [0.29, 0.717) is 0 Å². The molecular formula is C15H14N6S2. The minimum absolute atomic E-state index is 0.736. The molecule has 4 rings (SSSR count). The van der Waals surface area contributed by atoms with Gasteiger partial charge in [-0.05, 0) is 35.4 Å². The number of thioether (sulfide) groups is 1. The number of hydrogen-bond acceptors (Lipinski definition) is 6. The summed E-state index contributed by atoms with van der Waals surface area (Å²) in [7, 11) is 0. The van der Waals surface area contributed by atoms with Crippen LogP contribution < -0.4 is 0 Å². The molecule has 0 saturated carbocycles. The van der Waals surface area contributed by atoms with Gasteiger partial charge in [0.25, 0.3) is 0 Å². The molecule has 0 aliphatic heterocycles. The summed E-state index contributed by atoms with van der Waals surface area (Å²) >= 11 is 3.23. The van der Waals surface area contributed by atoms with Crippen LogP contribution >= 0.6 is 23.1 Å². The SMILES string of the molecule is Cc1cccc(C)c1-n1nnnc1SCc1cn2ccsc2n1. The number of nitrogens with zero attached hydrogens (tertiary/aromatic N) is 6. The van der Waals surface area contributed by atoms with Crippen LogP contribution in [0, 0.1) is 13.8 Å². The molecule has 0 spiro atoms. The summed E-state index contributed by atoms with van der Waals surface area (Å²) in [4.78, 5) is 5.60. The van der Waals surface area contributed by atoms with E-state index in [4.69, 9.17) is 0 Å². The molecule has 0 fully saturated rings. The molecule has 0 saturated heterocycles. The minimum atomic E-state index is 0.736. The molecular weight excluding hydrogens is 328 g/mol. The van der Waals surface area contributed by atoms with Gasteiger partial charge in [-0.3, -0.25) is 4.40 Å². The highest BCUT2D eigenvalue weighted by Gasteiger charge is 2.14. The average Bonchev–Trinajstić information content (AvgIpc) is 3.20. The van der Waals surface area contributed by atoms with Crippen molar-refractivity contribution >= 4 is 28.1 Å². The molecule has 8 heteroatoms. The van der Waals surface area contributed by atoms with Crippen molar-refractivity contribution in [1.29, 1.82) is 0 Å². The molecule has 4 aromatic rings. The summed E-state index contributed by atoms with van der Waals surface area (Å²) < 4.78 is 3.85. The largest absolute Gasteiger partial charge is 0.297 e. The molecule has 0 aliphatic rings. The van der Waals surface area contributed by atoms with Crippen molar-refractivity contribution in [3.8, 4) is 5.69 Å². The Morgan fingerprint density at radius 2 is 2.04 bits per heavy atom. The van der Waals surface area contributed by atoms with Crippen molar-refractivity contribution in [2.75, 3.05) is 0 Å². The summed E-state index contributed by atoms with van der Waals surface area (Å²) in [6.07, 6.45) is 4.06. The second kappa shape index (κ2) is 5.78. The van der Waals surface area contributed by atoms with Gasteiger partial charge >= 0.3 is 0 Å². The third kappa shape index (κ3) is 2.64. The van der Waals surface area contributed by atoms with Crippen LogP contribution in [0.1, 0.15) is 16.8 Å². The van der Waals surface area contributed by atoms with Crippen LogP contribution in [0.25, 0.3) is 10.6 Å². The molecule has 3 heterocycles. The number of aromatic nitrogens is 6. The number of aryl methyl sites for hydroxylation is 2. The molecule has 6 nitrogen and oxygen atoms in total. The van der Waals surface area contributed by atoms with Gasteiger partial charge in [-0.1, -0.05) is 30.0 Å². The fourth-order valence-corrected chi connectivity index (χ4v) is 4.01. The summed E-state index contributed by atoms with van der Waals surface area (Å²) in [5.41, 5.74) is 4.38. The molecule has 0 bridgehead atoms. The van der Waals surface area contributed by atoms with Crippen molar-refractivity contribution in [3.05, 3.63) is 52.8 Å². The highest BCUT2D eigenvalue weighted by Crippen LogP contribution is 2.26. The van der Waals surface area contributed by atoms with Gasteiger partial charge in [-0.15, -0.1) is 16.4 Å². The third-order valence-electron chi connectivity index (χ3n) is 3.58. The summed E-state index contributed by atoms with van der Waals surface area (Å²) in [5, 5.41) is 15.0. The normalized spacial score (nSPS) is 11.4. The number of thiazole rings is 1. The first-order valence-corrected chi connectivity index (χ1v) is 8.98. The van der Waals surface area contributed by atoms with E-state index in [0.717, 1.165) is 38.4 Å². The van der Waals surface area contributed by atoms with Gasteiger partial charge in [0, 0.05) is 23.5 Å². The second-order valence-corrected chi connectivity index (χ2v) is 7.04. The topological polar surface area (TPSA) is 60.9 Å². The Bertz CT molecular complexity index is 919. The van der Waals surface area contributed by atoms with Gasteiger partial charge in [0.1, 0.15) is 0 Å². The van der Waals surface area contributed by atoms with Gasteiger partial charge in [0.05, 0.1) is 11.4 Å². The highest BCUT2D eigenvalue weighted by molar-refractivity contribution is 7.98. The van der Waals surface area contributed by atoms with E-state index in [-0.39, 0.29) is 0 Å². The van der Waals surface area contributed by atoms with Gasteiger partial charge in [-0.25, -0.2) is 4.98 Å². The first-order chi connectivity index (χ1) is 11.2. The Balaban J connectivity index is 1.61. The molecule has 0 N–H and O–H groups in total. The van der Waals surface area contributed by atoms with Crippen LogP contribution in [-0.4, -0.2) is 29.6 Å². The summed E-state index contributed by atoms with van der Waals surface area (Å²) in [6, 6.07) is 6.19. The first kappa shape index (κ1) is 14.4. The molecule has 116 valence electrons. The fourth-order valence-electron chi connectivity index (χ4n) is 2.53. The van der Waals surface area contributed by atoms with E-state index in [1.165, 1.54) is 0 Å². The number of fused-ring (bicyclic) bond motifs is 1. The molecule has 0 aliphatic carbocycles. The molecule has 0 unspecified atom stereocenters. The summed E-state index contributed by atoms with van der Waals surface area (Å²) in [5.74, 6) is 0.736. The van der Waals surface area contributed by atoms with Crippen LogP contribution in [-0.2, 0) is 5.75 Å². The standard InChI is InChI=1S/C15H14N6S2/c1-10-4-3-5-11(2)13(10)21-15(17-18-19-21)23-9-12-8-20-6-7-22-14(20)16-12/h3-8H,9H2,1-2H3. The van der Waals surface area contributed by atoms with Crippen molar-refractivity contribution in [2.45, 2.75) is 24.8 Å². The zero-order valence-electron chi connectivity index (χ0n) is 12.7. The monoisotopic (exact) mass is 342 g/mol. The molecule has 0 amide bonds. The smallest absolute Gasteiger partial charge is 0.214 e. The van der Waals surface area contributed by atoms with Crippen LogP contribution in [0.4, 0.5) is 0 Å². The van der Waals surface area contributed by atoms with Crippen LogP contribution in [0.5, 0.6) is 0 Å². The van der Waals surface area contributed by atoms with Gasteiger partial charge in [0.15, 0.2) is 4.96 Å². The lowest BCUT2D eigenvalue weighted by Gasteiger charge is -2.10. The van der Waals surface area contributed by atoms with Crippen molar-refractivity contribution in [1.82, 2.24) is 29.6 Å². The lowest BCUT2D eigenvalue weighted by molar-refractivity contribution is 0.747. The lowest BCUT2D eigenvalue weighted by Crippen LogP contribution is -2.04. The van der Waals surface area contributed by atoms with E-state index in [1.807, 2.05) is 32.9 Å². The predicted molar refractivity (Wildman–Crippen MR) is 91.3 cm³/mol. The van der Waals surface area contributed by atoms with E-state index >= 15 is 0 Å². The maximum atomic E-state index is 4.59. The predicted octanol–water partition coefficient (Wildman–Crippen LogP) is 3.28. The molecule has 1 aromatic carbocycles. The maximum absolute atomic E-state index is 4.59. The second-order valence-electron chi connectivity index (χ2n) is 5.23. The fraction of sp³-hybridized carbons (Fsp3) is 0.200. The van der Waals surface area contributed by atoms with Crippen LogP contribution in [0.3, 0.4) is 0 Å². The third-order valence-corrected chi connectivity index (χ3v) is 5.31. The lowest BCUT2D eigenvalue weighted by atomic mass is 10.1. The van der Waals surface area contributed by atoms with Crippen LogP contribution in [0.15, 0.2) is 41.1 Å². The Hall–Kier alpha value is -2.19. The van der Waals surface area contributed by atoms with Crippen molar-refractivity contribution in [2.24, 2.45) is 0 Å². The Kier molecular flexibility index (Phi) is 3.62. The average molecular weight is 342 g/mol. The summed E-state index contributed by atoms with van der Waals surface area (Å²) in [6.45, 7) is 4.14. The van der Waals surface area contributed by atoms with Crippen LogP contribution in [0.2, 0.25) is 0 Å². The number of tetrazole rings is 1. The quantitative estimate of drug-likeness (QED) is 0.533. The number of hydrogen-bond donors (Lipinski definition) is 0. The Labute approximate surface area is 141 Å². The molecule has 23 heavy (non-hydrogen) atoms. The number of imidazole rings is 1. The van der Waals surface area contributed by atoms with Gasteiger partial charge in [-0.2, -0.15) is 4.68 Å². The zero-order chi connectivity index (χ0) is 15.8. The molecule has 0 radical (unpaired) electrons. The Morgan fingerprint density at radius 3 is 2.83 bits per heavy atom. The Morgan fingerprint density at radius 1 is 1.22 bits per heavy atom. The van der Waals surface area contributed by atoms with E-state index in [9.17, 15) is 0 Å². The minimum Gasteiger partial charge on any atom is -0.297 e. The highest BCUT2D eigenvalue weighted by atomic mass is 32.2. The number of para-hydroxylation sites is 1. The number of rotatable bonds is 4. The zero-order valence-corrected chi connectivity index (χ0v) is 14.3. The van der Waals surface area contributed by atoms with Gasteiger partial charge in [0.2, 0.25) is 5.16 Å². The molecule has 0 atom stereocenters. The van der Waals surface area contributed by atoms with E-state index in [2.05, 4.69) is 46.5 Å². The van der Waals surface area contributed by atoms with Crippen molar-refractivity contribution < 1.29 is 0 Å². The van der Waals surface area contributed by atoms with E-state index < -0.39 is 0 Å². The number of benzene rings is 1.